The lowest BCUT2D eigenvalue weighted by atomic mass is 9.97. The number of alkyl halides is 1. The Morgan fingerprint density at radius 3 is 2.70 bits per heavy atom. The molecule has 1 aliphatic carbocycles. The fourth-order valence-electron chi connectivity index (χ4n) is 2.00. The fourth-order valence-corrected chi connectivity index (χ4v) is 2.69. The van der Waals surface area contributed by atoms with Gasteiger partial charge in [-0.15, -0.1) is 0 Å². The lowest BCUT2D eigenvalue weighted by Crippen LogP contribution is -2.26. The van der Waals surface area contributed by atoms with Gasteiger partial charge in [-0.25, -0.2) is 4.79 Å². The number of esters is 1. The molecule has 1 unspecified atom stereocenters. The van der Waals surface area contributed by atoms with Crippen LogP contribution < -0.4 is 0 Å². The van der Waals surface area contributed by atoms with Crippen LogP contribution in [-0.4, -0.2) is 16.7 Å². The summed E-state index contributed by atoms with van der Waals surface area (Å²) in [6.07, 6.45) is 4.62. The van der Waals surface area contributed by atoms with Crippen LogP contribution in [0.1, 0.15) is 18.9 Å². The first-order valence-corrected chi connectivity index (χ1v) is 7.47. The normalized spacial score (nSPS) is 21.9. The monoisotopic (exact) mass is 384 g/mol. The molecule has 0 fully saturated rings. The second kappa shape index (κ2) is 6.54. The Labute approximate surface area is 132 Å². The van der Waals surface area contributed by atoms with Crippen LogP contribution in [0.4, 0.5) is 0 Å². The predicted octanol–water partition coefficient (Wildman–Crippen LogP) is 3.78. The zero-order chi connectivity index (χ0) is 14.6. The maximum absolute atomic E-state index is 11.7. The van der Waals surface area contributed by atoms with Crippen molar-refractivity contribution in [3.8, 4) is 0 Å². The van der Waals surface area contributed by atoms with E-state index in [1.165, 1.54) is 7.11 Å². The van der Waals surface area contributed by atoms with Crippen molar-refractivity contribution in [3.63, 3.8) is 0 Å². The summed E-state index contributed by atoms with van der Waals surface area (Å²) in [5, 5.41) is 0. The first kappa shape index (κ1) is 15.3. The average Bonchev–Trinajstić information content (AvgIpc) is 2.48. The van der Waals surface area contributed by atoms with Crippen molar-refractivity contribution in [1.29, 1.82) is 0 Å². The van der Waals surface area contributed by atoms with Crippen LogP contribution >= 0.6 is 22.6 Å². The zero-order valence-electron chi connectivity index (χ0n) is 11.6. The van der Waals surface area contributed by atoms with Gasteiger partial charge in [0.1, 0.15) is 3.61 Å². The SMILES string of the molecule is COC(=O)C1=CC(I)(OCc2ccccc2)CC=C1C. The molecule has 106 valence electrons. The van der Waals surface area contributed by atoms with Gasteiger partial charge in [0.25, 0.3) is 0 Å². The number of ether oxygens (including phenoxy) is 2. The highest BCUT2D eigenvalue weighted by Crippen LogP contribution is 2.36. The molecular weight excluding hydrogens is 367 g/mol. The molecule has 0 amide bonds. The summed E-state index contributed by atoms with van der Waals surface area (Å²) in [6, 6.07) is 9.99. The largest absolute Gasteiger partial charge is 0.465 e. The van der Waals surface area contributed by atoms with Crippen molar-refractivity contribution in [2.75, 3.05) is 7.11 Å². The quantitative estimate of drug-likeness (QED) is 0.450. The van der Waals surface area contributed by atoms with Crippen molar-refractivity contribution >= 4 is 28.6 Å². The lowest BCUT2D eigenvalue weighted by Gasteiger charge is -2.28. The van der Waals surface area contributed by atoms with Gasteiger partial charge in [-0.1, -0.05) is 36.4 Å². The number of rotatable bonds is 4. The molecule has 0 bridgehead atoms. The van der Waals surface area contributed by atoms with E-state index in [1.807, 2.05) is 49.4 Å². The van der Waals surface area contributed by atoms with E-state index in [0.717, 1.165) is 17.6 Å². The summed E-state index contributed by atoms with van der Waals surface area (Å²) in [7, 11) is 1.39. The zero-order valence-corrected chi connectivity index (χ0v) is 13.7. The van der Waals surface area contributed by atoms with Gasteiger partial charge in [0.05, 0.1) is 19.3 Å². The highest BCUT2D eigenvalue weighted by Gasteiger charge is 2.30. The average molecular weight is 384 g/mol. The smallest absolute Gasteiger partial charge is 0.337 e. The van der Waals surface area contributed by atoms with Crippen LogP contribution in [0.15, 0.2) is 53.6 Å². The Kier molecular flexibility index (Phi) is 4.99. The number of benzene rings is 1. The molecule has 4 heteroatoms. The Morgan fingerprint density at radius 1 is 1.35 bits per heavy atom. The minimum Gasteiger partial charge on any atom is -0.465 e. The molecule has 1 aliphatic rings. The van der Waals surface area contributed by atoms with Gasteiger partial charge in [-0.2, -0.15) is 0 Å². The van der Waals surface area contributed by atoms with E-state index in [4.69, 9.17) is 9.47 Å². The number of methoxy groups -OCH3 is 1. The standard InChI is InChI=1S/C16H17IO3/c1-12-8-9-16(17,10-14(12)15(18)19-2)20-11-13-6-4-3-5-7-13/h3-8,10H,9,11H2,1-2H3. The molecule has 1 atom stereocenters. The Morgan fingerprint density at radius 2 is 2.05 bits per heavy atom. The van der Waals surface area contributed by atoms with Gasteiger partial charge in [-0.05, 0) is 46.7 Å². The summed E-state index contributed by atoms with van der Waals surface area (Å²) in [4.78, 5) is 11.7. The van der Waals surface area contributed by atoms with Crippen LogP contribution in [-0.2, 0) is 20.9 Å². The third-order valence-corrected chi connectivity index (χ3v) is 4.26. The van der Waals surface area contributed by atoms with E-state index in [2.05, 4.69) is 22.6 Å². The molecule has 3 nitrogen and oxygen atoms in total. The van der Waals surface area contributed by atoms with Crippen LogP contribution in [0.3, 0.4) is 0 Å². The number of hydrogen-bond acceptors (Lipinski definition) is 3. The minimum atomic E-state index is -0.503. The maximum atomic E-state index is 11.7. The van der Waals surface area contributed by atoms with E-state index in [-0.39, 0.29) is 5.97 Å². The van der Waals surface area contributed by atoms with Crippen molar-refractivity contribution in [2.24, 2.45) is 0 Å². The third-order valence-electron chi connectivity index (χ3n) is 3.20. The molecule has 0 saturated heterocycles. The van der Waals surface area contributed by atoms with Crippen LogP contribution in [0, 0.1) is 0 Å². The van der Waals surface area contributed by atoms with Crippen LogP contribution in [0.5, 0.6) is 0 Å². The molecule has 1 aromatic carbocycles. The second-order valence-electron chi connectivity index (χ2n) is 4.70. The number of carbonyl (C=O) groups is 1. The number of halogens is 1. The Balaban J connectivity index is 2.11. The first-order chi connectivity index (χ1) is 9.54. The van der Waals surface area contributed by atoms with Gasteiger partial charge in [-0.3, -0.25) is 0 Å². The van der Waals surface area contributed by atoms with E-state index in [1.54, 1.807) is 0 Å². The first-order valence-electron chi connectivity index (χ1n) is 6.39. The van der Waals surface area contributed by atoms with Gasteiger partial charge in [0.15, 0.2) is 0 Å². The topological polar surface area (TPSA) is 35.5 Å². The van der Waals surface area contributed by atoms with E-state index in [9.17, 15) is 4.79 Å². The van der Waals surface area contributed by atoms with Crippen molar-refractivity contribution in [3.05, 3.63) is 59.2 Å². The molecule has 1 aromatic rings. The molecule has 0 aromatic heterocycles. The summed E-state index contributed by atoms with van der Waals surface area (Å²) in [6.45, 7) is 2.43. The molecule has 0 aliphatic heterocycles. The molecule has 20 heavy (non-hydrogen) atoms. The fraction of sp³-hybridized carbons (Fsp3) is 0.312. The Bertz CT molecular complexity index is 548. The summed E-state index contributed by atoms with van der Waals surface area (Å²) in [5.41, 5.74) is 2.64. The summed E-state index contributed by atoms with van der Waals surface area (Å²) < 4.78 is 10.3. The minimum absolute atomic E-state index is 0.317. The van der Waals surface area contributed by atoms with Gasteiger partial charge >= 0.3 is 5.97 Å². The van der Waals surface area contributed by atoms with E-state index >= 15 is 0 Å². The third kappa shape index (κ3) is 3.70. The predicted molar refractivity (Wildman–Crippen MR) is 86.5 cm³/mol. The molecular formula is C16H17IO3. The van der Waals surface area contributed by atoms with Crippen molar-refractivity contribution < 1.29 is 14.3 Å². The highest BCUT2D eigenvalue weighted by atomic mass is 127. The second-order valence-corrected chi connectivity index (χ2v) is 6.53. The van der Waals surface area contributed by atoms with Crippen LogP contribution in [0.2, 0.25) is 0 Å². The van der Waals surface area contributed by atoms with Gasteiger partial charge < -0.3 is 9.47 Å². The molecule has 0 saturated carbocycles. The highest BCUT2D eigenvalue weighted by molar-refractivity contribution is 14.1. The maximum Gasteiger partial charge on any atom is 0.337 e. The lowest BCUT2D eigenvalue weighted by molar-refractivity contribution is -0.135. The Hall–Kier alpha value is -1.14. The van der Waals surface area contributed by atoms with E-state index in [0.29, 0.717) is 12.2 Å². The molecule has 0 radical (unpaired) electrons. The van der Waals surface area contributed by atoms with Gasteiger partial charge in [0, 0.05) is 6.42 Å². The molecule has 2 rings (SSSR count). The number of hydrogen-bond donors (Lipinski definition) is 0. The van der Waals surface area contributed by atoms with Gasteiger partial charge in [0.2, 0.25) is 0 Å². The van der Waals surface area contributed by atoms with Crippen LogP contribution in [0.25, 0.3) is 0 Å². The van der Waals surface area contributed by atoms with Crippen molar-refractivity contribution in [1.82, 2.24) is 0 Å². The molecule has 0 spiro atoms. The summed E-state index contributed by atoms with van der Waals surface area (Å²) in [5.74, 6) is -0.317. The molecule has 0 heterocycles. The summed E-state index contributed by atoms with van der Waals surface area (Å²) >= 11 is 2.24. The van der Waals surface area contributed by atoms with E-state index < -0.39 is 3.61 Å². The number of carbonyl (C=O) groups excluding carboxylic acids is 1. The molecule has 0 N–H and O–H groups in total. The van der Waals surface area contributed by atoms with Crippen molar-refractivity contribution in [2.45, 2.75) is 23.6 Å².